The van der Waals surface area contributed by atoms with Crippen LogP contribution in [-0.2, 0) is 4.79 Å². The summed E-state index contributed by atoms with van der Waals surface area (Å²) in [6, 6.07) is -0.0122. The van der Waals surface area contributed by atoms with Gasteiger partial charge in [0.2, 0.25) is 5.91 Å². The van der Waals surface area contributed by atoms with Crippen molar-refractivity contribution in [2.24, 2.45) is 22.7 Å². The first kappa shape index (κ1) is 17.8. The zero-order valence-corrected chi connectivity index (χ0v) is 16.8. The number of rotatable bonds is 3. The number of hydrogen-bond donors (Lipinski definition) is 2. The Morgan fingerprint density at radius 3 is 2.68 bits per heavy atom. The summed E-state index contributed by atoms with van der Waals surface area (Å²) < 4.78 is 0. The number of likely N-dealkylation sites (tertiary alicyclic amines) is 1. The van der Waals surface area contributed by atoms with E-state index in [9.17, 15) is 9.59 Å². The molecule has 1 saturated heterocycles. The van der Waals surface area contributed by atoms with Crippen molar-refractivity contribution in [3.8, 4) is 0 Å². The molecule has 0 aromatic heterocycles. The Kier molecular flexibility index (Phi) is 3.90. The number of allylic oxidation sites excluding steroid dienone is 1. The Morgan fingerprint density at radius 1 is 1.25 bits per heavy atom. The van der Waals surface area contributed by atoms with Gasteiger partial charge in [-0.1, -0.05) is 13.8 Å². The molecule has 150 valence electrons. The van der Waals surface area contributed by atoms with Crippen molar-refractivity contribution in [3.63, 3.8) is 0 Å². The molecule has 2 saturated carbocycles. The van der Waals surface area contributed by atoms with Crippen LogP contribution in [0.25, 0.3) is 0 Å². The van der Waals surface area contributed by atoms with Gasteiger partial charge in [-0.05, 0) is 59.7 Å². The average Bonchev–Trinajstić information content (AvgIpc) is 3.47. The van der Waals surface area contributed by atoms with E-state index in [1.165, 1.54) is 6.42 Å². The highest BCUT2D eigenvalue weighted by molar-refractivity contribution is 5.82. The lowest BCUT2D eigenvalue weighted by Gasteiger charge is -2.33. The normalized spacial score (nSPS) is 30.9. The van der Waals surface area contributed by atoms with Gasteiger partial charge in [0, 0.05) is 44.2 Å². The average molecular weight is 383 g/mol. The second-order valence-corrected chi connectivity index (χ2v) is 9.90. The first-order valence-corrected chi connectivity index (χ1v) is 10.6. The molecule has 3 fully saturated rings. The van der Waals surface area contributed by atoms with Crippen LogP contribution in [0, 0.1) is 22.7 Å². The highest BCUT2D eigenvalue weighted by Gasteiger charge is 2.57. The fourth-order valence-corrected chi connectivity index (χ4v) is 5.19. The summed E-state index contributed by atoms with van der Waals surface area (Å²) in [6.07, 6.45) is 12.1. The molecule has 0 radical (unpaired) electrons. The van der Waals surface area contributed by atoms with Crippen molar-refractivity contribution in [2.75, 3.05) is 26.2 Å². The number of nitrogens with one attached hydrogen (secondary N) is 2. The maximum absolute atomic E-state index is 12.6. The van der Waals surface area contributed by atoms with Gasteiger partial charge < -0.3 is 15.5 Å². The van der Waals surface area contributed by atoms with Crippen LogP contribution in [0.2, 0.25) is 0 Å². The molecule has 1 spiro atoms. The third kappa shape index (κ3) is 3.03. The molecule has 2 unspecified atom stereocenters. The summed E-state index contributed by atoms with van der Waals surface area (Å²) in [7, 11) is 0. The minimum absolute atomic E-state index is 0.0122. The Labute approximate surface area is 166 Å². The molecule has 2 aliphatic carbocycles. The molecule has 0 aromatic carbocycles. The number of urea groups is 1. The molecule has 2 N–H and O–H groups in total. The molecule has 3 aliphatic heterocycles. The number of nitrogens with zero attached hydrogens (tertiary/aromatic N) is 2. The van der Waals surface area contributed by atoms with Gasteiger partial charge in [0.15, 0.2) is 0 Å². The minimum Gasteiger partial charge on any atom is -0.367 e. The van der Waals surface area contributed by atoms with Gasteiger partial charge in [-0.3, -0.25) is 9.69 Å². The summed E-state index contributed by atoms with van der Waals surface area (Å²) in [5, 5.41) is 6.20. The molecule has 5 rings (SSSR count). The highest BCUT2D eigenvalue weighted by atomic mass is 16.2. The van der Waals surface area contributed by atoms with Gasteiger partial charge in [-0.2, -0.15) is 0 Å². The first-order chi connectivity index (χ1) is 13.4. The lowest BCUT2D eigenvalue weighted by atomic mass is 9.90. The van der Waals surface area contributed by atoms with Gasteiger partial charge in [0.05, 0.1) is 6.54 Å². The Hall–Kier alpha value is -2.24. The second kappa shape index (κ2) is 6.13. The van der Waals surface area contributed by atoms with Gasteiger partial charge in [0.25, 0.3) is 0 Å². The van der Waals surface area contributed by atoms with Crippen LogP contribution >= 0.6 is 0 Å². The summed E-state index contributed by atoms with van der Waals surface area (Å²) in [5.74, 6) is 1.17. The second-order valence-electron chi connectivity index (χ2n) is 9.90. The lowest BCUT2D eigenvalue weighted by Crippen LogP contribution is -2.42. The van der Waals surface area contributed by atoms with E-state index >= 15 is 0 Å². The van der Waals surface area contributed by atoms with Gasteiger partial charge in [-0.25, -0.2) is 4.79 Å². The van der Waals surface area contributed by atoms with Crippen LogP contribution in [-0.4, -0.2) is 47.9 Å². The van der Waals surface area contributed by atoms with Crippen LogP contribution in [0.15, 0.2) is 35.8 Å². The Balaban J connectivity index is 1.08. The highest BCUT2D eigenvalue weighted by Crippen LogP contribution is 2.60. The van der Waals surface area contributed by atoms with Crippen LogP contribution in [0.1, 0.15) is 39.5 Å². The summed E-state index contributed by atoms with van der Waals surface area (Å²) in [5.41, 5.74) is 2.82. The number of carbonyl (C=O) groups excluding carboxylic acids is 2. The van der Waals surface area contributed by atoms with E-state index in [1.807, 2.05) is 24.7 Å². The van der Waals surface area contributed by atoms with Crippen molar-refractivity contribution in [1.82, 2.24) is 20.4 Å². The molecule has 0 bridgehead atoms. The number of amides is 3. The van der Waals surface area contributed by atoms with E-state index in [0.29, 0.717) is 23.8 Å². The fraction of sp³-hybridized carbons (Fsp3) is 0.636. The molecule has 5 aliphatic rings. The summed E-state index contributed by atoms with van der Waals surface area (Å²) >= 11 is 0. The van der Waals surface area contributed by atoms with Gasteiger partial charge in [0.1, 0.15) is 0 Å². The van der Waals surface area contributed by atoms with Gasteiger partial charge in [-0.15, -0.1) is 0 Å². The SMILES string of the molecule is CC1(C)CC1C(=O)N1CCC2(CC1)CC2CNC(=O)N1C=C2C=CNC=C2C1. The van der Waals surface area contributed by atoms with E-state index < -0.39 is 0 Å². The van der Waals surface area contributed by atoms with Crippen LogP contribution in [0.4, 0.5) is 4.79 Å². The van der Waals surface area contributed by atoms with E-state index in [0.717, 1.165) is 50.0 Å². The molecule has 0 aromatic rings. The molecule has 28 heavy (non-hydrogen) atoms. The van der Waals surface area contributed by atoms with E-state index in [4.69, 9.17) is 0 Å². The third-order valence-electron chi connectivity index (χ3n) is 7.62. The van der Waals surface area contributed by atoms with Crippen molar-refractivity contribution in [2.45, 2.75) is 39.5 Å². The van der Waals surface area contributed by atoms with E-state index in [2.05, 4.69) is 29.4 Å². The smallest absolute Gasteiger partial charge is 0.321 e. The third-order valence-corrected chi connectivity index (χ3v) is 7.62. The predicted octanol–water partition coefficient (Wildman–Crippen LogP) is 2.57. The minimum atomic E-state index is -0.0122. The molecular formula is C22H30N4O2. The topological polar surface area (TPSA) is 64.7 Å². The number of fused-ring (bicyclic) bond motifs is 1. The van der Waals surface area contributed by atoms with Crippen LogP contribution < -0.4 is 10.6 Å². The molecule has 6 heteroatoms. The van der Waals surface area contributed by atoms with Crippen LogP contribution in [0.3, 0.4) is 0 Å². The largest absolute Gasteiger partial charge is 0.367 e. The maximum Gasteiger partial charge on any atom is 0.321 e. The molecular weight excluding hydrogens is 352 g/mol. The molecule has 6 nitrogen and oxygen atoms in total. The summed E-state index contributed by atoms with van der Waals surface area (Å²) in [4.78, 5) is 29.0. The van der Waals surface area contributed by atoms with Crippen molar-refractivity contribution in [1.29, 1.82) is 0 Å². The first-order valence-electron chi connectivity index (χ1n) is 10.6. The van der Waals surface area contributed by atoms with E-state index in [1.54, 1.807) is 4.90 Å². The Morgan fingerprint density at radius 2 is 2.00 bits per heavy atom. The quantitative estimate of drug-likeness (QED) is 0.789. The van der Waals surface area contributed by atoms with Gasteiger partial charge >= 0.3 is 6.03 Å². The van der Waals surface area contributed by atoms with Crippen molar-refractivity contribution < 1.29 is 9.59 Å². The van der Waals surface area contributed by atoms with Crippen molar-refractivity contribution in [3.05, 3.63) is 35.8 Å². The number of carbonyl (C=O) groups is 2. The van der Waals surface area contributed by atoms with Crippen LogP contribution in [0.5, 0.6) is 0 Å². The molecule has 3 amide bonds. The predicted molar refractivity (Wildman–Crippen MR) is 107 cm³/mol. The Bertz CT molecular complexity index is 801. The fourth-order valence-electron chi connectivity index (χ4n) is 5.19. The number of dihydropyridines is 1. The molecule has 3 heterocycles. The lowest BCUT2D eigenvalue weighted by molar-refractivity contribution is -0.135. The molecule has 2 atom stereocenters. The zero-order chi connectivity index (χ0) is 19.5. The maximum atomic E-state index is 12.6. The zero-order valence-electron chi connectivity index (χ0n) is 16.8. The monoisotopic (exact) mass is 382 g/mol. The standard InChI is InChI=1S/C22H30N4O2/c1-21(2)10-18(21)19(27)25-7-4-22(5-8-25)9-17(22)12-24-20(28)26-13-15-3-6-23-11-16(15)14-26/h3,6,11,13,17-18,23H,4-5,7-10,12,14H2,1-2H3,(H,24,28). The summed E-state index contributed by atoms with van der Waals surface area (Å²) in [6.45, 7) is 7.53. The number of hydrogen-bond acceptors (Lipinski definition) is 3. The van der Waals surface area contributed by atoms with Crippen molar-refractivity contribution >= 4 is 11.9 Å². The van der Waals surface area contributed by atoms with E-state index in [-0.39, 0.29) is 17.4 Å². The number of piperidine rings is 1.